The number of carbonyl (C=O) groups excluding carboxylic acids is 1. The third-order valence-corrected chi connectivity index (χ3v) is 5.97. The van der Waals surface area contributed by atoms with E-state index in [4.69, 9.17) is 4.42 Å². The second-order valence-electron chi connectivity index (χ2n) is 5.07. The number of hydrogen-bond donors (Lipinski definition) is 0. The monoisotopic (exact) mass is 468 g/mol. The van der Waals surface area contributed by atoms with E-state index >= 15 is 0 Å². The number of hydrogen-bond acceptors (Lipinski definition) is 4. The van der Waals surface area contributed by atoms with Crippen LogP contribution in [0.2, 0.25) is 0 Å². The number of amides is 1. The largest absolute Gasteiger partial charge is 0.449 e. The van der Waals surface area contributed by atoms with Gasteiger partial charge in [0.2, 0.25) is 0 Å². The molecule has 2 aromatic rings. The summed E-state index contributed by atoms with van der Waals surface area (Å²) in [6.45, 7) is 2.68. The highest BCUT2D eigenvalue weighted by atomic mass is 79.9. The van der Waals surface area contributed by atoms with E-state index in [2.05, 4.69) is 36.9 Å². The van der Waals surface area contributed by atoms with Crippen LogP contribution in [0, 0.1) is 0 Å². The number of para-hydroxylation sites is 1. The predicted molar refractivity (Wildman–Crippen MR) is 105 cm³/mol. The van der Waals surface area contributed by atoms with Gasteiger partial charge >= 0.3 is 0 Å². The van der Waals surface area contributed by atoms with E-state index in [-0.39, 0.29) is 5.91 Å². The van der Waals surface area contributed by atoms with Gasteiger partial charge < -0.3 is 4.42 Å². The van der Waals surface area contributed by atoms with Crippen molar-refractivity contribution < 1.29 is 9.21 Å². The maximum Gasteiger partial charge on any atom is 0.266 e. The quantitative estimate of drug-likeness (QED) is 0.530. The highest BCUT2D eigenvalue weighted by molar-refractivity contribution is 9.13. The smallest absolute Gasteiger partial charge is 0.266 e. The van der Waals surface area contributed by atoms with E-state index in [0.29, 0.717) is 27.0 Å². The summed E-state index contributed by atoms with van der Waals surface area (Å²) in [6.07, 6.45) is 2.62. The molecule has 124 valence electrons. The first-order chi connectivity index (χ1) is 11.6. The summed E-state index contributed by atoms with van der Waals surface area (Å²) >= 11 is 8.05. The molecule has 3 rings (SSSR count). The average Bonchev–Trinajstić information content (AvgIpc) is 3.03. The summed E-state index contributed by atoms with van der Waals surface area (Å²) in [7, 11) is 0. The zero-order valence-corrected chi connectivity index (χ0v) is 16.8. The van der Waals surface area contributed by atoms with Gasteiger partial charge in [0.15, 0.2) is 9.84 Å². The highest BCUT2D eigenvalue weighted by Crippen LogP contribution is 2.36. The Morgan fingerprint density at radius 2 is 2.04 bits per heavy atom. The Hall–Kier alpha value is -1.31. The third-order valence-electron chi connectivity index (χ3n) is 3.25. The first-order valence-corrected chi connectivity index (χ1v) is 9.78. The normalized spacial score (nSPS) is 18.1. The Balaban J connectivity index is 1.93. The number of nitrogens with zero attached hydrogens (tertiary/aromatic N) is 2. The van der Waals surface area contributed by atoms with Gasteiger partial charge in [-0.25, -0.2) is 4.99 Å². The molecule has 0 aliphatic carbocycles. The van der Waals surface area contributed by atoms with Gasteiger partial charge in [-0.3, -0.25) is 9.69 Å². The molecule has 1 amide bonds. The van der Waals surface area contributed by atoms with Crippen LogP contribution < -0.4 is 0 Å². The number of furan rings is 1. The Morgan fingerprint density at radius 3 is 2.67 bits per heavy atom. The fraction of sp³-hybridized carbons (Fsp3) is 0.176. The second kappa shape index (κ2) is 7.72. The van der Waals surface area contributed by atoms with Gasteiger partial charge in [-0.15, -0.1) is 0 Å². The molecule has 7 heteroatoms. The van der Waals surface area contributed by atoms with Crippen molar-refractivity contribution in [1.82, 2.24) is 4.90 Å². The summed E-state index contributed by atoms with van der Waals surface area (Å²) in [4.78, 5) is 19.6. The van der Waals surface area contributed by atoms with Crippen molar-refractivity contribution in [3.05, 3.63) is 56.2 Å². The molecule has 1 fully saturated rings. The zero-order valence-electron chi connectivity index (χ0n) is 12.8. The molecule has 1 aliphatic rings. The van der Waals surface area contributed by atoms with Crippen LogP contribution in [-0.4, -0.2) is 22.5 Å². The fourth-order valence-corrected chi connectivity index (χ4v) is 3.80. The summed E-state index contributed by atoms with van der Waals surface area (Å²) in [5, 5.41) is 0.698. The maximum atomic E-state index is 12.7. The van der Waals surface area contributed by atoms with Crippen molar-refractivity contribution in [2.75, 3.05) is 6.54 Å². The Morgan fingerprint density at radius 1 is 1.29 bits per heavy atom. The third kappa shape index (κ3) is 3.84. The van der Waals surface area contributed by atoms with Crippen LogP contribution in [0.5, 0.6) is 0 Å². The molecule has 1 aromatic heterocycles. The van der Waals surface area contributed by atoms with Crippen molar-refractivity contribution >= 4 is 66.5 Å². The van der Waals surface area contributed by atoms with E-state index in [0.717, 1.165) is 16.6 Å². The highest BCUT2D eigenvalue weighted by Gasteiger charge is 2.33. The number of aliphatic imine (C=N–C) groups is 1. The van der Waals surface area contributed by atoms with E-state index < -0.39 is 0 Å². The van der Waals surface area contributed by atoms with Gasteiger partial charge in [0.25, 0.3) is 5.91 Å². The minimum Gasteiger partial charge on any atom is -0.449 e. The lowest BCUT2D eigenvalue weighted by Gasteiger charge is -2.13. The molecule has 0 radical (unpaired) electrons. The van der Waals surface area contributed by atoms with Crippen LogP contribution >= 0.6 is 43.6 Å². The molecule has 0 N–H and O–H groups in total. The summed E-state index contributed by atoms with van der Waals surface area (Å²) in [6, 6.07) is 11.5. The van der Waals surface area contributed by atoms with Crippen LogP contribution in [0.1, 0.15) is 19.1 Å². The van der Waals surface area contributed by atoms with E-state index in [1.165, 1.54) is 11.8 Å². The van der Waals surface area contributed by atoms with Crippen LogP contribution in [0.3, 0.4) is 0 Å². The molecular formula is C17H14Br2N2O2S. The molecular weight excluding hydrogens is 456 g/mol. The first kappa shape index (κ1) is 17.5. The molecule has 0 bridgehead atoms. The number of carbonyl (C=O) groups is 1. The van der Waals surface area contributed by atoms with Gasteiger partial charge in [-0.1, -0.05) is 25.1 Å². The molecule has 2 heterocycles. The van der Waals surface area contributed by atoms with Crippen LogP contribution in [0.15, 0.2) is 59.9 Å². The molecule has 0 spiro atoms. The standard InChI is InChI=1S/C17H14Br2N2O2S/c1-2-8-21-16(22)14(10-12-9-13(18)15(19)23-12)24-17(21)20-11-6-4-3-5-7-11/h3-7,9-10H,2,8H2,1H3/b14-10-,20-17?. The first-order valence-electron chi connectivity index (χ1n) is 7.38. The van der Waals surface area contributed by atoms with Gasteiger partial charge in [0.05, 0.1) is 15.1 Å². The van der Waals surface area contributed by atoms with E-state index in [1.807, 2.05) is 43.3 Å². The summed E-state index contributed by atoms with van der Waals surface area (Å²) in [5.74, 6) is 0.571. The lowest BCUT2D eigenvalue weighted by molar-refractivity contribution is -0.122. The minimum absolute atomic E-state index is 0.0415. The Kier molecular flexibility index (Phi) is 5.63. The molecule has 0 atom stereocenters. The minimum atomic E-state index is -0.0415. The van der Waals surface area contributed by atoms with Crippen molar-refractivity contribution in [2.45, 2.75) is 13.3 Å². The number of halogens is 2. The topological polar surface area (TPSA) is 45.8 Å². The molecule has 4 nitrogen and oxygen atoms in total. The van der Waals surface area contributed by atoms with Gasteiger partial charge in [0, 0.05) is 12.6 Å². The van der Waals surface area contributed by atoms with E-state index in [1.54, 1.807) is 11.0 Å². The molecule has 1 saturated heterocycles. The van der Waals surface area contributed by atoms with Crippen molar-refractivity contribution in [2.24, 2.45) is 4.99 Å². The SMILES string of the molecule is CCCN1C(=O)/C(=C/c2cc(Br)c(Br)o2)SC1=Nc1ccccc1. The van der Waals surface area contributed by atoms with Gasteiger partial charge in [0.1, 0.15) is 5.76 Å². The lowest BCUT2D eigenvalue weighted by atomic mass is 10.3. The van der Waals surface area contributed by atoms with E-state index in [9.17, 15) is 4.79 Å². The second-order valence-corrected chi connectivity index (χ2v) is 7.65. The maximum absolute atomic E-state index is 12.7. The Labute approximate surface area is 161 Å². The molecule has 1 aromatic carbocycles. The van der Waals surface area contributed by atoms with Crippen molar-refractivity contribution in [3.8, 4) is 0 Å². The van der Waals surface area contributed by atoms with Crippen molar-refractivity contribution in [1.29, 1.82) is 0 Å². The fourth-order valence-electron chi connectivity index (χ4n) is 2.19. The van der Waals surface area contributed by atoms with Gasteiger partial charge in [-0.05, 0) is 68.2 Å². The van der Waals surface area contributed by atoms with Gasteiger partial charge in [-0.2, -0.15) is 0 Å². The summed E-state index contributed by atoms with van der Waals surface area (Å²) < 4.78 is 6.96. The molecule has 24 heavy (non-hydrogen) atoms. The molecule has 1 aliphatic heterocycles. The summed E-state index contributed by atoms with van der Waals surface area (Å²) in [5.41, 5.74) is 0.832. The predicted octanol–water partition coefficient (Wildman–Crippen LogP) is 5.82. The van der Waals surface area contributed by atoms with Crippen molar-refractivity contribution in [3.63, 3.8) is 0 Å². The number of thioether (sulfide) groups is 1. The Bertz CT molecular complexity index is 796. The van der Waals surface area contributed by atoms with Crippen LogP contribution in [0.4, 0.5) is 5.69 Å². The average molecular weight is 470 g/mol. The number of benzene rings is 1. The number of amidine groups is 1. The number of rotatable bonds is 4. The zero-order chi connectivity index (χ0) is 17.1. The van der Waals surface area contributed by atoms with Crippen LogP contribution in [0.25, 0.3) is 6.08 Å². The molecule has 0 saturated carbocycles. The van der Waals surface area contributed by atoms with Crippen LogP contribution in [-0.2, 0) is 4.79 Å². The lowest BCUT2D eigenvalue weighted by Crippen LogP contribution is -2.29. The molecule has 0 unspecified atom stereocenters.